The molecule has 0 aliphatic carbocycles. The van der Waals surface area contributed by atoms with Crippen molar-refractivity contribution in [3.63, 3.8) is 0 Å². The second-order valence-corrected chi connectivity index (χ2v) is 3.33. The molecule has 0 spiro atoms. The molecule has 2 aromatic heterocycles. The average molecular weight is 174 g/mol. The molecule has 1 aliphatic heterocycles. The number of aromatic nitrogens is 3. The molecule has 0 atom stereocenters. The maximum absolute atomic E-state index is 4.45. The summed E-state index contributed by atoms with van der Waals surface area (Å²) in [6, 6.07) is 4.02. The number of imidazole rings is 1. The molecule has 3 heterocycles. The molecule has 1 aliphatic rings. The van der Waals surface area contributed by atoms with Crippen LogP contribution in [0.25, 0.3) is 11.2 Å². The van der Waals surface area contributed by atoms with Crippen LogP contribution in [0.1, 0.15) is 0 Å². The Bertz CT molecular complexity index is 460. The Balaban J connectivity index is 2.38. The Hall–Kier alpha value is -1.58. The Morgan fingerprint density at radius 1 is 1.38 bits per heavy atom. The highest BCUT2D eigenvalue weighted by Gasteiger charge is 2.20. The van der Waals surface area contributed by atoms with E-state index in [-0.39, 0.29) is 0 Å². The zero-order valence-corrected chi connectivity index (χ0v) is 7.44. The van der Waals surface area contributed by atoms with Gasteiger partial charge in [0, 0.05) is 26.3 Å². The number of hydrogen-bond acceptors (Lipinski definition) is 3. The number of rotatable bonds is 0. The lowest BCUT2D eigenvalue weighted by Crippen LogP contribution is -2.13. The molecule has 0 N–H and O–H groups in total. The van der Waals surface area contributed by atoms with E-state index in [1.54, 1.807) is 6.20 Å². The molecule has 0 aromatic carbocycles. The van der Waals surface area contributed by atoms with Crippen LogP contribution in [0.4, 0.5) is 5.95 Å². The molecule has 13 heavy (non-hydrogen) atoms. The molecule has 0 saturated carbocycles. The molecule has 4 nitrogen and oxygen atoms in total. The number of nitrogens with zero attached hydrogens (tertiary/aromatic N) is 4. The van der Waals surface area contributed by atoms with Gasteiger partial charge in [-0.05, 0) is 12.1 Å². The number of likely N-dealkylation sites (N-methyl/N-ethyl adjacent to an activating group) is 1. The number of fused-ring (bicyclic) bond motifs is 3. The van der Waals surface area contributed by atoms with Crippen LogP contribution in [0, 0.1) is 0 Å². The van der Waals surface area contributed by atoms with Gasteiger partial charge in [-0.3, -0.25) is 0 Å². The van der Waals surface area contributed by atoms with Gasteiger partial charge in [-0.1, -0.05) is 0 Å². The Kier molecular flexibility index (Phi) is 1.17. The topological polar surface area (TPSA) is 34.0 Å². The zero-order chi connectivity index (χ0) is 8.84. The SMILES string of the molecule is CN1CCn2c1nc1ncccc12. The first kappa shape index (κ1) is 6.88. The van der Waals surface area contributed by atoms with Gasteiger partial charge < -0.3 is 9.47 Å². The van der Waals surface area contributed by atoms with E-state index in [0.717, 1.165) is 30.2 Å². The molecule has 0 saturated heterocycles. The molecule has 2 aromatic rings. The zero-order valence-electron chi connectivity index (χ0n) is 7.44. The van der Waals surface area contributed by atoms with Crippen LogP contribution in [0.2, 0.25) is 0 Å². The highest BCUT2D eigenvalue weighted by Crippen LogP contribution is 2.24. The van der Waals surface area contributed by atoms with E-state index in [2.05, 4.69) is 32.5 Å². The van der Waals surface area contributed by atoms with Crippen molar-refractivity contribution in [3.05, 3.63) is 18.3 Å². The Labute approximate surface area is 75.8 Å². The maximum atomic E-state index is 4.45. The second kappa shape index (κ2) is 2.22. The second-order valence-electron chi connectivity index (χ2n) is 3.33. The summed E-state index contributed by atoms with van der Waals surface area (Å²) in [4.78, 5) is 10.8. The van der Waals surface area contributed by atoms with Gasteiger partial charge in [-0.15, -0.1) is 0 Å². The smallest absolute Gasteiger partial charge is 0.207 e. The van der Waals surface area contributed by atoms with Gasteiger partial charge in [0.15, 0.2) is 5.65 Å². The predicted molar refractivity (Wildman–Crippen MR) is 50.8 cm³/mol. The van der Waals surface area contributed by atoms with Gasteiger partial charge in [0.1, 0.15) is 0 Å². The van der Waals surface area contributed by atoms with Crippen molar-refractivity contribution < 1.29 is 0 Å². The molecule has 0 amide bonds. The summed E-state index contributed by atoms with van der Waals surface area (Å²) in [6.07, 6.45) is 1.78. The third kappa shape index (κ3) is 0.798. The van der Waals surface area contributed by atoms with Gasteiger partial charge >= 0.3 is 0 Å². The summed E-state index contributed by atoms with van der Waals surface area (Å²) in [6.45, 7) is 2.07. The van der Waals surface area contributed by atoms with Crippen molar-refractivity contribution >= 4 is 17.1 Å². The van der Waals surface area contributed by atoms with E-state index in [1.807, 2.05) is 6.07 Å². The van der Waals surface area contributed by atoms with Crippen LogP contribution in [-0.4, -0.2) is 28.1 Å². The van der Waals surface area contributed by atoms with Gasteiger partial charge in [0.25, 0.3) is 0 Å². The van der Waals surface area contributed by atoms with E-state index in [9.17, 15) is 0 Å². The van der Waals surface area contributed by atoms with E-state index >= 15 is 0 Å². The van der Waals surface area contributed by atoms with E-state index in [0.29, 0.717) is 0 Å². The summed E-state index contributed by atoms with van der Waals surface area (Å²) >= 11 is 0. The fourth-order valence-electron chi connectivity index (χ4n) is 1.81. The van der Waals surface area contributed by atoms with Crippen molar-refractivity contribution in [3.8, 4) is 0 Å². The molecule has 0 unspecified atom stereocenters. The Morgan fingerprint density at radius 3 is 3.23 bits per heavy atom. The van der Waals surface area contributed by atoms with E-state index in [1.165, 1.54) is 0 Å². The largest absolute Gasteiger partial charge is 0.343 e. The molecule has 0 radical (unpaired) electrons. The summed E-state index contributed by atoms with van der Waals surface area (Å²) in [5, 5.41) is 0. The first-order chi connectivity index (χ1) is 6.36. The monoisotopic (exact) mass is 174 g/mol. The van der Waals surface area contributed by atoms with Crippen molar-refractivity contribution in [2.45, 2.75) is 6.54 Å². The molecule has 4 heteroatoms. The van der Waals surface area contributed by atoms with Crippen LogP contribution in [0.5, 0.6) is 0 Å². The molecule has 66 valence electrons. The highest BCUT2D eigenvalue weighted by molar-refractivity contribution is 5.75. The first-order valence-corrected chi connectivity index (χ1v) is 4.38. The lowest BCUT2D eigenvalue weighted by molar-refractivity contribution is 0.818. The fourth-order valence-corrected chi connectivity index (χ4v) is 1.81. The van der Waals surface area contributed by atoms with Crippen LogP contribution in [-0.2, 0) is 6.54 Å². The molecular weight excluding hydrogens is 164 g/mol. The van der Waals surface area contributed by atoms with Crippen molar-refractivity contribution in [2.24, 2.45) is 0 Å². The van der Waals surface area contributed by atoms with E-state index in [4.69, 9.17) is 0 Å². The summed E-state index contributed by atoms with van der Waals surface area (Å²) in [5.74, 6) is 1.04. The van der Waals surface area contributed by atoms with Crippen molar-refractivity contribution in [1.82, 2.24) is 14.5 Å². The first-order valence-electron chi connectivity index (χ1n) is 4.38. The van der Waals surface area contributed by atoms with Crippen LogP contribution >= 0.6 is 0 Å². The number of hydrogen-bond donors (Lipinski definition) is 0. The summed E-state index contributed by atoms with van der Waals surface area (Å²) < 4.78 is 2.21. The molecule has 3 rings (SSSR count). The number of pyridine rings is 1. The van der Waals surface area contributed by atoms with Gasteiger partial charge in [0.05, 0.1) is 5.52 Å². The van der Waals surface area contributed by atoms with Gasteiger partial charge in [-0.2, -0.15) is 4.98 Å². The predicted octanol–water partition coefficient (Wildman–Crippen LogP) is 0.881. The lowest BCUT2D eigenvalue weighted by atomic mass is 10.4. The minimum atomic E-state index is 0.851. The van der Waals surface area contributed by atoms with E-state index < -0.39 is 0 Å². The Morgan fingerprint density at radius 2 is 2.31 bits per heavy atom. The summed E-state index contributed by atoms with van der Waals surface area (Å²) in [5.41, 5.74) is 1.99. The third-order valence-electron chi connectivity index (χ3n) is 2.50. The van der Waals surface area contributed by atoms with Gasteiger partial charge in [0.2, 0.25) is 5.95 Å². The van der Waals surface area contributed by atoms with Crippen LogP contribution in [0.15, 0.2) is 18.3 Å². The summed E-state index contributed by atoms with van der Waals surface area (Å²) in [7, 11) is 2.06. The quantitative estimate of drug-likeness (QED) is 0.594. The molecular formula is C9H10N4. The fraction of sp³-hybridized carbons (Fsp3) is 0.333. The average Bonchev–Trinajstić information content (AvgIpc) is 2.67. The lowest BCUT2D eigenvalue weighted by Gasteiger charge is -2.04. The molecule has 0 fully saturated rings. The standard InChI is InChI=1S/C9H10N4/c1-12-5-6-13-7-3-2-4-10-8(7)11-9(12)13/h2-4H,5-6H2,1H3. The van der Waals surface area contributed by atoms with Crippen molar-refractivity contribution in [2.75, 3.05) is 18.5 Å². The van der Waals surface area contributed by atoms with Crippen LogP contribution < -0.4 is 4.90 Å². The minimum Gasteiger partial charge on any atom is -0.343 e. The van der Waals surface area contributed by atoms with Crippen LogP contribution in [0.3, 0.4) is 0 Å². The highest BCUT2D eigenvalue weighted by atomic mass is 15.4. The normalized spacial score (nSPS) is 15.3. The minimum absolute atomic E-state index is 0.851. The number of anilines is 1. The van der Waals surface area contributed by atoms with Crippen molar-refractivity contribution in [1.29, 1.82) is 0 Å². The molecule has 0 bridgehead atoms. The third-order valence-corrected chi connectivity index (χ3v) is 2.50. The maximum Gasteiger partial charge on any atom is 0.207 e. The van der Waals surface area contributed by atoms with Gasteiger partial charge in [-0.25, -0.2) is 4.98 Å².